The van der Waals surface area contributed by atoms with Crippen molar-refractivity contribution >= 4 is 21.8 Å². The first-order valence-corrected chi connectivity index (χ1v) is 10.5. The molecule has 0 saturated carbocycles. The van der Waals surface area contributed by atoms with Gasteiger partial charge >= 0.3 is 0 Å². The lowest BCUT2D eigenvalue weighted by Gasteiger charge is -2.10. The molecule has 0 N–H and O–H groups in total. The smallest absolute Gasteiger partial charge is 0.137 e. The summed E-state index contributed by atoms with van der Waals surface area (Å²) in [7, 11) is 0. The number of nitrogens with zero attached hydrogens (tertiary/aromatic N) is 4. The summed E-state index contributed by atoms with van der Waals surface area (Å²) < 4.78 is 10.3. The molecule has 32 heavy (non-hydrogen) atoms. The largest absolute Gasteiger partial charge is 0.457 e. The third kappa shape index (κ3) is 3.11. The number of rotatable bonds is 4. The highest BCUT2D eigenvalue weighted by Gasteiger charge is 2.13. The minimum Gasteiger partial charge on any atom is -0.457 e. The number of hydrogen-bond acceptors (Lipinski definition) is 3. The minimum absolute atomic E-state index is 0.760. The van der Waals surface area contributed by atoms with Crippen molar-refractivity contribution in [2.75, 3.05) is 0 Å². The van der Waals surface area contributed by atoms with Gasteiger partial charge < -0.3 is 4.74 Å². The molecule has 3 aromatic carbocycles. The Morgan fingerprint density at radius 1 is 0.719 bits per heavy atom. The highest BCUT2D eigenvalue weighted by atomic mass is 16.5. The molecule has 0 aliphatic carbocycles. The topological polar surface area (TPSA) is 44.9 Å². The number of aromatic nitrogens is 4. The van der Waals surface area contributed by atoms with E-state index in [0.717, 1.165) is 39.7 Å². The average molecular weight is 416 g/mol. The Hall–Kier alpha value is -4.38. The molecule has 0 radical (unpaired) electrons. The first-order chi connectivity index (χ1) is 15.8. The van der Waals surface area contributed by atoms with E-state index in [2.05, 4.69) is 51.0 Å². The van der Waals surface area contributed by atoms with Gasteiger partial charge in [0.2, 0.25) is 0 Å². The Morgan fingerprint density at radius 3 is 2.41 bits per heavy atom. The zero-order valence-electron chi connectivity index (χ0n) is 17.5. The van der Waals surface area contributed by atoms with E-state index >= 15 is 0 Å². The summed E-state index contributed by atoms with van der Waals surface area (Å²) in [4.78, 5) is 4.59. The number of aryl methyl sites for hydroxylation is 1. The van der Waals surface area contributed by atoms with Gasteiger partial charge in [0.1, 0.15) is 17.3 Å². The van der Waals surface area contributed by atoms with E-state index in [1.807, 2.05) is 78.6 Å². The lowest BCUT2D eigenvalue weighted by Crippen LogP contribution is -1.97. The van der Waals surface area contributed by atoms with Crippen molar-refractivity contribution in [2.45, 2.75) is 6.92 Å². The fourth-order valence-electron chi connectivity index (χ4n) is 4.13. The molecular weight excluding hydrogens is 396 g/mol. The van der Waals surface area contributed by atoms with Crippen LogP contribution < -0.4 is 4.74 Å². The molecule has 0 unspecified atom stereocenters. The highest BCUT2D eigenvalue weighted by molar-refractivity contribution is 6.09. The third-order valence-corrected chi connectivity index (χ3v) is 5.56. The van der Waals surface area contributed by atoms with Gasteiger partial charge in [-0.25, -0.2) is 9.67 Å². The molecule has 0 amide bonds. The molecular formula is C27H20N4O. The van der Waals surface area contributed by atoms with Crippen molar-refractivity contribution < 1.29 is 4.74 Å². The van der Waals surface area contributed by atoms with Gasteiger partial charge in [-0.1, -0.05) is 30.3 Å². The molecule has 5 heteroatoms. The zero-order chi connectivity index (χ0) is 21.5. The second kappa shape index (κ2) is 7.39. The first-order valence-electron chi connectivity index (χ1n) is 10.5. The van der Waals surface area contributed by atoms with Crippen molar-refractivity contribution in [3.8, 4) is 23.0 Å². The van der Waals surface area contributed by atoms with Crippen LogP contribution >= 0.6 is 0 Å². The SMILES string of the molecule is Cc1ccn(-c2cccc(Oc3ccc4c5ccccc5n(-c5ccccn5)c4c3)c2)n1. The normalized spacial score (nSPS) is 11.3. The van der Waals surface area contributed by atoms with E-state index in [9.17, 15) is 0 Å². The maximum Gasteiger partial charge on any atom is 0.137 e. The number of para-hydroxylation sites is 1. The van der Waals surface area contributed by atoms with E-state index < -0.39 is 0 Å². The molecule has 0 saturated heterocycles. The van der Waals surface area contributed by atoms with Gasteiger partial charge in [-0.2, -0.15) is 5.10 Å². The molecule has 6 rings (SSSR count). The Labute approximate surface area is 185 Å². The van der Waals surface area contributed by atoms with Crippen molar-refractivity contribution in [1.29, 1.82) is 0 Å². The van der Waals surface area contributed by atoms with E-state index in [4.69, 9.17) is 4.74 Å². The van der Waals surface area contributed by atoms with Gasteiger partial charge in [0.25, 0.3) is 0 Å². The second-order valence-corrected chi connectivity index (χ2v) is 7.72. The highest BCUT2D eigenvalue weighted by Crippen LogP contribution is 2.34. The van der Waals surface area contributed by atoms with Crippen molar-refractivity contribution in [3.05, 3.63) is 109 Å². The lowest BCUT2D eigenvalue weighted by molar-refractivity contribution is 0.483. The zero-order valence-corrected chi connectivity index (χ0v) is 17.5. The first kappa shape index (κ1) is 18.4. The van der Waals surface area contributed by atoms with Crippen molar-refractivity contribution in [2.24, 2.45) is 0 Å². The van der Waals surface area contributed by atoms with Gasteiger partial charge in [0.15, 0.2) is 0 Å². The Kier molecular flexibility index (Phi) is 4.25. The van der Waals surface area contributed by atoms with Gasteiger partial charge in [0.05, 0.1) is 22.4 Å². The summed E-state index contributed by atoms with van der Waals surface area (Å²) in [5.74, 6) is 2.41. The summed E-state index contributed by atoms with van der Waals surface area (Å²) in [6.45, 7) is 1.98. The molecule has 154 valence electrons. The summed E-state index contributed by atoms with van der Waals surface area (Å²) in [6, 6.07) is 30.5. The van der Waals surface area contributed by atoms with Gasteiger partial charge in [-0.15, -0.1) is 0 Å². The predicted molar refractivity (Wildman–Crippen MR) is 127 cm³/mol. The lowest BCUT2D eigenvalue weighted by atomic mass is 10.1. The van der Waals surface area contributed by atoms with Crippen molar-refractivity contribution in [1.82, 2.24) is 19.3 Å². The molecule has 3 heterocycles. The summed E-state index contributed by atoms with van der Waals surface area (Å²) in [5.41, 5.74) is 4.11. The molecule has 3 aromatic heterocycles. The quantitative estimate of drug-likeness (QED) is 0.331. The molecule has 6 aromatic rings. The van der Waals surface area contributed by atoms with E-state index in [0.29, 0.717) is 0 Å². The van der Waals surface area contributed by atoms with Crippen LogP contribution in [-0.2, 0) is 0 Å². The van der Waals surface area contributed by atoms with Crippen LogP contribution in [0.5, 0.6) is 11.5 Å². The van der Waals surface area contributed by atoms with Crippen molar-refractivity contribution in [3.63, 3.8) is 0 Å². The number of pyridine rings is 1. The number of benzene rings is 3. The number of fused-ring (bicyclic) bond motifs is 3. The van der Waals surface area contributed by atoms with Crippen LogP contribution in [0.1, 0.15) is 5.69 Å². The van der Waals surface area contributed by atoms with Gasteiger partial charge in [-0.05, 0) is 55.5 Å². The predicted octanol–water partition coefficient (Wildman–Crippen LogP) is 6.47. The van der Waals surface area contributed by atoms with Crippen LogP contribution in [-0.4, -0.2) is 19.3 Å². The Morgan fingerprint density at radius 2 is 1.56 bits per heavy atom. The van der Waals surface area contributed by atoms with Crippen LogP contribution in [0.2, 0.25) is 0 Å². The Balaban J connectivity index is 1.46. The monoisotopic (exact) mass is 416 g/mol. The maximum atomic E-state index is 6.27. The van der Waals surface area contributed by atoms with Crippen LogP contribution in [0.3, 0.4) is 0 Å². The molecule has 0 aliphatic heterocycles. The van der Waals surface area contributed by atoms with Crippen LogP contribution in [0.25, 0.3) is 33.3 Å². The van der Waals surface area contributed by atoms with E-state index in [1.165, 1.54) is 10.8 Å². The fourth-order valence-corrected chi connectivity index (χ4v) is 4.13. The molecule has 5 nitrogen and oxygen atoms in total. The Bertz CT molecular complexity index is 1560. The molecule has 0 aliphatic rings. The molecule has 0 bridgehead atoms. The third-order valence-electron chi connectivity index (χ3n) is 5.56. The van der Waals surface area contributed by atoms with Crippen LogP contribution in [0, 0.1) is 6.92 Å². The standard InChI is InChI=1S/C27H20N4O/c1-19-14-16-30(29-19)20-7-6-8-21(17-20)32-22-12-13-24-23-9-2-3-10-25(23)31(26(24)18-22)27-11-4-5-15-28-27/h2-18H,1H3. The minimum atomic E-state index is 0.760. The summed E-state index contributed by atoms with van der Waals surface area (Å²) >= 11 is 0. The molecule has 0 spiro atoms. The van der Waals surface area contributed by atoms with Crippen LogP contribution in [0.4, 0.5) is 0 Å². The fraction of sp³-hybridized carbons (Fsp3) is 0.0370. The van der Waals surface area contributed by atoms with Gasteiger partial charge in [0, 0.05) is 35.3 Å². The average Bonchev–Trinajstić information content (AvgIpc) is 3.41. The maximum absolute atomic E-state index is 6.27. The van der Waals surface area contributed by atoms with E-state index in [-0.39, 0.29) is 0 Å². The van der Waals surface area contributed by atoms with E-state index in [1.54, 1.807) is 0 Å². The van der Waals surface area contributed by atoms with Crippen LogP contribution in [0.15, 0.2) is 103 Å². The van der Waals surface area contributed by atoms with Gasteiger partial charge in [-0.3, -0.25) is 4.57 Å². The number of hydrogen-bond donors (Lipinski definition) is 0. The second-order valence-electron chi connectivity index (χ2n) is 7.72. The summed E-state index contributed by atoms with van der Waals surface area (Å²) in [5, 5.41) is 6.85. The number of ether oxygens (including phenoxy) is 1. The molecule has 0 fully saturated rings. The molecule has 0 atom stereocenters. The summed E-state index contributed by atoms with van der Waals surface area (Å²) in [6.07, 6.45) is 3.77.